The molecule has 2 heterocycles. The molecule has 0 unspecified atom stereocenters. The molecule has 152 valence electrons. The average Bonchev–Trinajstić information content (AvgIpc) is 3.38. The predicted octanol–water partition coefficient (Wildman–Crippen LogP) is 2.29. The summed E-state index contributed by atoms with van der Waals surface area (Å²) in [5.41, 5.74) is 1.56. The van der Waals surface area contributed by atoms with Crippen LogP contribution in [0.1, 0.15) is 44.6 Å². The van der Waals surface area contributed by atoms with Gasteiger partial charge in [-0.05, 0) is 55.6 Å². The molecule has 1 aromatic rings. The first-order valence-corrected chi connectivity index (χ1v) is 10.8. The van der Waals surface area contributed by atoms with Crippen LogP contribution in [0.25, 0.3) is 0 Å². The highest BCUT2D eigenvalue weighted by Crippen LogP contribution is 2.62. The Morgan fingerprint density at radius 3 is 2.89 bits per heavy atom. The number of epoxide rings is 1. The predicted molar refractivity (Wildman–Crippen MR) is 104 cm³/mol. The molecule has 0 aromatic heterocycles. The van der Waals surface area contributed by atoms with Crippen molar-refractivity contribution in [2.75, 3.05) is 20.3 Å². The number of ether oxygens (including phenoxy) is 3. The lowest BCUT2D eigenvalue weighted by Crippen LogP contribution is -2.84. The minimum absolute atomic E-state index is 0.00184. The fraction of sp³-hybridized carbons (Fsp3) is 0.696. The highest BCUT2D eigenvalue weighted by atomic mass is 16.6. The summed E-state index contributed by atoms with van der Waals surface area (Å²) in [6.45, 7) is 4.93. The Morgan fingerprint density at radius 2 is 2.11 bits per heavy atom. The van der Waals surface area contributed by atoms with Gasteiger partial charge in [0.05, 0.1) is 25.9 Å². The Kier molecular flexibility index (Phi) is 4.44. The lowest BCUT2D eigenvalue weighted by molar-refractivity contribution is -0.675. The normalized spacial score (nSPS) is 41.3. The smallest absolute Gasteiger partial charge is 0.315 e. The molecule has 2 N–H and O–H groups in total. The van der Waals surface area contributed by atoms with E-state index in [2.05, 4.69) is 18.3 Å². The Bertz CT molecular complexity index is 761. The Labute approximate surface area is 167 Å². The molecule has 28 heavy (non-hydrogen) atoms. The molecule has 1 spiro atoms. The summed E-state index contributed by atoms with van der Waals surface area (Å²) in [5, 5.41) is 2.24. The molecule has 5 rings (SSSR count). The Morgan fingerprint density at radius 1 is 1.29 bits per heavy atom. The maximum absolute atomic E-state index is 12.7. The molecule has 4 aliphatic rings. The lowest BCUT2D eigenvalue weighted by Gasteiger charge is -2.51. The number of carbonyl (C=O) groups is 1. The monoisotopic (exact) mass is 386 g/mol. The fourth-order valence-electron chi connectivity index (χ4n) is 6.52. The lowest BCUT2D eigenvalue weighted by atomic mass is 9.53. The number of para-hydroxylation sites is 1. The molecule has 0 radical (unpaired) electrons. The van der Waals surface area contributed by atoms with Gasteiger partial charge in [0, 0.05) is 11.5 Å². The zero-order valence-electron chi connectivity index (χ0n) is 17.0. The van der Waals surface area contributed by atoms with Gasteiger partial charge in [-0.1, -0.05) is 19.1 Å². The summed E-state index contributed by atoms with van der Waals surface area (Å²) in [4.78, 5) is 12.7. The van der Waals surface area contributed by atoms with E-state index in [-0.39, 0.29) is 29.0 Å². The summed E-state index contributed by atoms with van der Waals surface area (Å²) in [6.07, 6.45) is 5.89. The van der Waals surface area contributed by atoms with Gasteiger partial charge in [0.15, 0.2) is 0 Å². The number of hydrogen-bond donors (Lipinski definition) is 1. The van der Waals surface area contributed by atoms with E-state index < -0.39 is 0 Å². The third kappa shape index (κ3) is 2.94. The van der Waals surface area contributed by atoms with E-state index in [9.17, 15) is 4.79 Å². The van der Waals surface area contributed by atoms with E-state index >= 15 is 0 Å². The quantitative estimate of drug-likeness (QED) is 0.623. The van der Waals surface area contributed by atoms with Crippen LogP contribution in [0.5, 0.6) is 5.75 Å². The van der Waals surface area contributed by atoms with Crippen molar-refractivity contribution in [1.82, 2.24) is 0 Å². The van der Waals surface area contributed by atoms with E-state index in [4.69, 9.17) is 14.2 Å². The van der Waals surface area contributed by atoms with Gasteiger partial charge in [-0.15, -0.1) is 0 Å². The van der Waals surface area contributed by atoms with Gasteiger partial charge in [0.2, 0.25) is 0 Å². The van der Waals surface area contributed by atoms with E-state index in [1.54, 1.807) is 7.11 Å². The summed E-state index contributed by atoms with van der Waals surface area (Å²) in [6, 6.07) is 8.10. The van der Waals surface area contributed by atoms with Crippen LogP contribution in [0.2, 0.25) is 0 Å². The van der Waals surface area contributed by atoms with Crippen LogP contribution >= 0.6 is 0 Å². The van der Waals surface area contributed by atoms with Crippen molar-refractivity contribution in [3.63, 3.8) is 0 Å². The fourth-order valence-corrected chi connectivity index (χ4v) is 6.52. The van der Waals surface area contributed by atoms with Crippen LogP contribution in [-0.2, 0) is 20.8 Å². The highest BCUT2D eigenvalue weighted by molar-refractivity contribution is 5.75. The van der Waals surface area contributed by atoms with Crippen LogP contribution in [0.3, 0.4) is 0 Å². The van der Waals surface area contributed by atoms with Crippen LogP contribution in [0.4, 0.5) is 0 Å². The first-order chi connectivity index (χ1) is 13.5. The largest absolute Gasteiger partial charge is 0.496 e. The van der Waals surface area contributed by atoms with E-state index in [0.29, 0.717) is 11.8 Å². The molecule has 2 saturated heterocycles. The van der Waals surface area contributed by atoms with Crippen molar-refractivity contribution in [1.29, 1.82) is 0 Å². The number of esters is 1. The van der Waals surface area contributed by atoms with Crippen LogP contribution < -0.4 is 10.1 Å². The van der Waals surface area contributed by atoms with Gasteiger partial charge in [0.1, 0.15) is 24.3 Å². The summed E-state index contributed by atoms with van der Waals surface area (Å²) >= 11 is 0. The third-order valence-electron chi connectivity index (χ3n) is 8.06. The van der Waals surface area contributed by atoms with E-state index in [1.807, 2.05) is 18.2 Å². The van der Waals surface area contributed by atoms with Gasteiger partial charge in [-0.3, -0.25) is 4.79 Å². The number of rotatable bonds is 5. The molecule has 2 aliphatic carbocycles. The Balaban J connectivity index is 1.27. The van der Waals surface area contributed by atoms with Crippen molar-refractivity contribution in [3.05, 3.63) is 29.8 Å². The van der Waals surface area contributed by atoms with Crippen LogP contribution in [-0.4, -0.2) is 37.9 Å². The molecule has 6 atom stereocenters. The minimum atomic E-state index is 0.00184. The zero-order valence-corrected chi connectivity index (χ0v) is 17.0. The summed E-state index contributed by atoms with van der Waals surface area (Å²) in [5.74, 6) is 1.86. The standard InChI is InChI=1S/C23H31NO4/c1-22-8-5-9-23(14-27-23)20(22)10-16-17(21(25)28-19(16)11-22)13-24-12-15-6-3-4-7-18(15)26-2/h3-4,6-7,16-17,19-20,24H,5,8-14H2,1-2H3/p+1/t16-,17+,19-,20+,22-,23-/m1/s1. The van der Waals surface area contributed by atoms with Crippen molar-refractivity contribution >= 4 is 5.97 Å². The van der Waals surface area contributed by atoms with Crippen molar-refractivity contribution < 1.29 is 24.3 Å². The van der Waals surface area contributed by atoms with E-state index in [1.165, 1.54) is 24.8 Å². The summed E-state index contributed by atoms with van der Waals surface area (Å²) in [7, 11) is 1.71. The Hall–Kier alpha value is -1.59. The molecule has 0 bridgehead atoms. The first-order valence-electron chi connectivity index (χ1n) is 10.8. The van der Waals surface area contributed by atoms with Crippen LogP contribution in [0.15, 0.2) is 24.3 Å². The number of carbonyl (C=O) groups excluding carboxylic acids is 1. The zero-order chi connectivity index (χ0) is 19.4. The second-order valence-corrected chi connectivity index (χ2v) is 9.64. The second-order valence-electron chi connectivity index (χ2n) is 9.64. The minimum Gasteiger partial charge on any atom is -0.496 e. The van der Waals surface area contributed by atoms with Crippen molar-refractivity contribution in [3.8, 4) is 5.75 Å². The molecule has 4 fully saturated rings. The van der Waals surface area contributed by atoms with Gasteiger partial charge in [-0.25, -0.2) is 0 Å². The molecule has 0 amide bonds. The third-order valence-corrected chi connectivity index (χ3v) is 8.06. The average molecular weight is 387 g/mol. The molecule has 5 heteroatoms. The first kappa shape index (κ1) is 18.4. The summed E-state index contributed by atoms with van der Waals surface area (Å²) < 4.78 is 17.4. The molecule has 2 aliphatic heterocycles. The van der Waals surface area contributed by atoms with Gasteiger partial charge >= 0.3 is 5.97 Å². The number of quaternary nitrogens is 1. The van der Waals surface area contributed by atoms with Gasteiger partial charge < -0.3 is 19.5 Å². The molecule has 1 aromatic carbocycles. The maximum Gasteiger partial charge on any atom is 0.315 e. The van der Waals surface area contributed by atoms with Crippen molar-refractivity contribution in [2.45, 2.75) is 57.3 Å². The molecular formula is C23H32NO4+. The second kappa shape index (κ2) is 6.74. The molecular weight excluding hydrogens is 354 g/mol. The van der Waals surface area contributed by atoms with Crippen molar-refractivity contribution in [2.24, 2.45) is 23.2 Å². The van der Waals surface area contributed by atoms with E-state index in [0.717, 1.165) is 38.3 Å². The number of benzene rings is 1. The van der Waals surface area contributed by atoms with Gasteiger partial charge in [-0.2, -0.15) is 0 Å². The van der Waals surface area contributed by atoms with Gasteiger partial charge in [0.25, 0.3) is 0 Å². The molecule has 2 saturated carbocycles. The molecule has 5 nitrogen and oxygen atoms in total. The number of nitrogens with two attached hydrogens (primary N) is 1. The number of fused-ring (bicyclic) bond motifs is 3. The van der Waals surface area contributed by atoms with Crippen LogP contribution in [0, 0.1) is 23.2 Å². The topological polar surface area (TPSA) is 64.7 Å². The SMILES string of the molecule is COc1ccccc1C[NH2+]C[C@@H]1C(=O)O[C@@H]2C[C@@]3(C)CCC[C@@]4(CO4)[C@H]3C[C@H]12. The number of methoxy groups -OCH3 is 1. The maximum atomic E-state index is 12.7. The number of hydrogen-bond acceptors (Lipinski definition) is 4. The highest BCUT2D eigenvalue weighted by Gasteiger charge is 2.65.